The molecular weight excluding hydrogens is 232 g/mol. The van der Waals surface area contributed by atoms with Gasteiger partial charge in [-0.3, -0.25) is 9.59 Å². The van der Waals surface area contributed by atoms with Gasteiger partial charge in [0.1, 0.15) is 0 Å². The lowest BCUT2D eigenvalue weighted by molar-refractivity contribution is -0.137. The zero-order valence-corrected chi connectivity index (χ0v) is 11.9. The van der Waals surface area contributed by atoms with Crippen molar-refractivity contribution in [1.82, 2.24) is 10.6 Å². The normalized spacial score (nSPS) is 13.1. The minimum absolute atomic E-state index is 0.00887. The van der Waals surface area contributed by atoms with Gasteiger partial charge >= 0.3 is 5.97 Å². The third-order valence-corrected chi connectivity index (χ3v) is 2.44. The van der Waals surface area contributed by atoms with Gasteiger partial charge in [0, 0.05) is 31.0 Å². The zero-order valence-electron chi connectivity index (χ0n) is 11.9. The van der Waals surface area contributed by atoms with Gasteiger partial charge in [-0.15, -0.1) is 0 Å². The number of hydrogen-bond donors (Lipinski definition) is 3. The summed E-state index contributed by atoms with van der Waals surface area (Å²) in [6, 6.07) is 0.0338. The summed E-state index contributed by atoms with van der Waals surface area (Å²) in [6.45, 7) is 8.71. The predicted octanol–water partition coefficient (Wildman–Crippen LogP) is 1.52. The summed E-state index contributed by atoms with van der Waals surface area (Å²) >= 11 is 0. The van der Waals surface area contributed by atoms with Crippen molar-refractivity contribution in [2.75, 3.05) is 6.54 Å². The maximum atomic E-state index is 11.6. The lowest BCUT2D eigenvalue weighted by Gasteiger charge is -2.20. The second-order valence-electron chi connectivity index (χ2n) is 5.68. The molecule has 0 rings (SSSR count). The third kappa shape index (κ3) is 11.4. The monoisotopic (exact) mass is 258 g/mol. The molecule has 0 aliphatic heterocycles. The Balaban J connectivity index is 3.64. The van der Waals surface area contributed by atoms with E-state index in [1.165, 1.54) is 0 Å². The molecule has 3 N–H and O–H groups in total. The van der Waals surface area contributed by atoms with E-state index >= 15 is 0 Å². The van der Waals surface area contributed by atoms with E-state index in [1.54, 1.807) is 0 Å². The van der Waals surface area contributed by atoms with Crippen molar-refractivity contribution < 1.29 is 14.7 Å². The smallest absolute Gasteiger partial charge is 0.303 e. The molecule has 0 aromatic carbocycles. The number of rotatable bonds is 8. The number of amides is 1. The molecular formula is C13H26N2O3. The third-order valence-electron chi connectivity index (χ3n) is 2.44. The van der Waals surface area contributed by atoms with Crippen LogP contribution >= 0.6 is 0 Å². The zero-order chi connectivity index (χ0) is 14.2. The van der Waals surface area contributed by atoms with Gasteiger partial charge in [0.15, 0.2) is 0 Å². The Kier molecular flexibility index (Phi) is 7.59. The van der Waals surface area contributed by atoms with Crippen LogP contribution in [-0.2, 0) is 9.59 Å². The predicted molar refractivity (Wildman–Crippen MR) is 71.5 cm³/mol. The van der Waals surface area contributed by atoms with E-state index in [1.807, 2.05) is 6.92 Å². The summed E-state index contributed by atoms with van der Waals surface area (Å²) in [5, 5.41) is 14.6. The van der Waals surface area contributed by atoms with Crippen molar-refractivity contribution >= 4 is 11.9 Å². The number of carbonyl (C=O) groups excluding carboxylic acids is 1. The van der Waals surface area contributed by atoms with Crippen molar-refractivity contribution in [2.24, 2.45) is 0 Å². The number of nitrogens with one attached hydrogen (secondary N) is 2. The maximum Gasteiger partial charge on any atom is 0.303 e. The van der Waals surface area contributed by atoms with Crippen molar-refractivity contribution in [2.45, 2.75) is 65.0 Å². The minimum Gasteiger partial charge on any atom is -0.481 e. The molecule has 1 amide bonds. The summed E-state index contributed by atoms with van der Waals surface area (Å²) in [5.41, 5.74) is 0.0212. The molecule has 0 saturated carbocycles. The van der Waals surface area contributed by atoms with Crippen LogP contribution in [0.1, 0.15) is 53.4 Å². The number of hydrogen-bond acceptors (Lipinski definition) is 3. The summed E-state index contributed by atoms with van der Waals surface area (Å²) in [5.74, 6) is -0.780. The highest BCUT2D eigenvalue weighted by molar-refractivity contribution is 5.76. The number of carboxylic acids is 1. The fraction of sp³-hybridized carbons (Fsp3) is 0.846. The van der Waals surface area contributed by atoms with Crippen molar-refractivity contribution in [3.05, 3.63) is 0 Å². The summed E-state index contributed by atoms with van der Waals surface area (Å²) in [6.07, 6.45) is 1.90. The average Bonchev–Trinajstić information content (AvgIpc) is 2.14. The summed E-state index contributed by atoms with van der Waals surface area (Å²) in [4.78, 5) is 21.9. The van der Waals surface area contributed by atoms with E-state index in [4.69, 9.17) is 5.11 Å². The topological polar surface area (TPSA) is 78.4 Å². The fourth-order valence-corrected chi connectivity index (χ4v) is 1.53. The lowest BCUT2D eigenvalue weighted by Crippen LogP contribution is -2.40. The highest BCUT2D eigenvalue weighted by Gasteiger charge is 2.11. The van der Waals surface area contributed by atoms with Gasteiger partial charge in [0.2, 0.25) is 5.91 Å². The van der Waals surface area contributed by atoms with E-state index < -0.39 is 5.97 Å². The molecule has 0 aromatic rings. The van der Waals surface area contributed by atoms with Crippen LogP contribution in [0.4, 0.5) is 0 Å². The number of carboxylic acid groups (broad SMARTS) is 1. The van der Waals surface area contributed by atoms with Crippen LogP contribution in [-0.4, -0.2) is 35.1 Å². The quantitative estimate of drug-likeness (QED) is 0.617. The first-order valence-corrected chi connectivity index (χ1v) is 6.47. The molecule has 0 aromatic heterocycles. The van der Waals surface area contributed by atoms with Gasteiger partial charge in [0.05, 0.1) is 0 Å². The summed E-state index contributed by atoms with van der Waals surface area (Å²) in [7, 11) is 0. The second kappa shape index (κ2) is 8.08. The van der Waals surface area contributed by atoms with E-state index in [9.17, 15) is 9.59 Å². The Bertz CT molecular complexity index is 272. The Morgan fingerprint density at radius 3 is 2.33 bits per heavy atom. The molecule has 0 bridgehead atoms. The van der Waals surface area contributed by atoms with Crippen LogP contribution in [0.5, 0.6) is 0 Å². The first-order chi connectivity index (χ1) is 8.20. The van der Waals surface area contributed by atoms with Gasteiger partial charge in [-0.25, -0.2) is 0 Å². The van der Waals surface area contributed by atoms with Crippen LogP contribution < -0.4 is 10.6 Å². The minimum atomic E-state index is -0.789. The molecule has 1 atom stereocenters. The molecule has 0 aliphatic rings. The molecule has 0 radical (unpaired) electrons. The summed E-state index contributed by atoms with van der Waals surface area (Å²) < 4.78 is 0. The molecule has 0 spiro atoms. The average molecular weight is 258 g/mol. The van der Waals surface area contributed by atoms with Gasteiger partial charge in [-0.2, -0.15) is 0 Å². The number of carbonyl (C=O) groups is 2. The first kappa shape index (κ1) is 16.9. The lowest BCUT2D eigenvalue weighted by atomic mass is 10.1. The van der Waals surface area contributed by atoms with Crippen molar-refractivity contribution in [1.29, 1.82) is 0 Å². The molecule has 0 fully saturated rings. The molecule has 0 aliphatic carbocycles. The van der Waals surface area contributed by atoms with Gasteiger partial charge in [-0.1, -0.05) is 0 Å². The highest BCUT2D eigenvalue weighted by atomic mass is 16.4. The SMILES string of the molecule is CC(CCCC(=O)O)NC(=O)CCNC(C)(C)C. The molecule has 5 heteroatoms. The Hall–Kier alpha value is -1.10. The highest BCUT2D eigenvalue weighted by Crippen LogP contribution is 2.01. The maximum absolute atomic E-state index is 11.6. The Morgan fingerprint density at radius 2 is 1.83 bits per heavy atom. The second-order valence-corrected chi connectivity index (χ2v) is 5.68. The van der Waals surface area contributed by atoms with Crippen molar-refractivity contribution in [3.8, 4) is 0 Å². The van der Waals surface area contributed by atoms with Crippen LogP contribution in [0.25, 0.3) is 0 Å². The van der Waals surface area contributed by atoms with E-state index in [0.717, 1.165) is 0 Å². The standard InChI is InChI=1S/C13H26N2O3/c1-10(6-5-7-12(17)18)15-11(16)8-9-14-13(2,3)4/h10,14H,5-9H2,1-4H3,(H,15,16)(H,17,18). The van der Waals surface area contributed by atoms with Crippen LogP contribution in [0, 0.1) is 0 Å². The molecule has 0 saturated heterocycles. The van der Waals surface area contributed by atoms with Gasteiger partial charge in [0.25, 0.3) is 0 Å². The fourth-order valence-electron chi connectivity index (χ4n) is 1.53. The van der Waals surface area contributed by atoms with Crippen LogP contribution in [0.2, 0.25) is 0 Å². The Labute approximate surface area is 109 Å². The molecule has 18 heavy (non-hydrogen) atoms. The largest absolute Gasteiger partial charge is 0.481 e. The van der Waals surface area contributed by atoms with Crippen molar-refractivity contribution in [3.63, 3.8) is 0 Å². The van der Waals surface area contributed by atoms with Gasteiger partial charge < -0.3 is 15.7 Å². The van der Waals surface area contributed by atoms with E-state index in [2.05, 4.69) is 31.4 Å². The van der Waals surface area contributed by atoms with Crippen LogP contribution in [0.3, 0.4) is 0 Å². The Morgan fingerprint density at radius 1 is 1.22 bits per heavy atom. The first-order valence-electron chi connectivity index (χ1n) is 6.47. The van der Waals surface area contributed by atoms with Crippen LogP contribution in [0.15, 0.2) is 0 Å². The van der Waals surface area contributed by atoms with E-state index in [-0.39, 0.29) is 23.9 Å². The molecule has 106 valence electrons. The molecule has 5 nitrogen and oxygen atoms in total. The molecule has 1 unspecified atom stereocenters. The van der Waals surface area contributed by atoms with E-state index in [0.29, 0.717) is 25.8 Å². The molecule has 0 heterocycles. The van der Waals surface area contributed by atoms with Gasteiger partial charge in [-0.05, 0) is 40.5 Å². The number of aliphatic carboxylic acids is 1.